The molecule has 4 rings (SSSR count). The Bertz CT molecular complexity index is 556. The predicted octanol–water partition coefficient (Wildman–Crippen LogP) is 3.20. The summed E-state index contributed by atoms with van der Waals surface area (Å²) < 4.78 is 11.5. The topological polar surface area (TPSA) is 30.5 Å². The zero-order chi connectivity index (χ0) is 15.7. The summed E-state index contributed by atoms with van der Waals surface area (Å²) in [6, 6.07) is 7.78. The van der Waals surface area contributed by atoms with E-state index in [0.29, 0.717) is 12.1 Å². The molecule has 0 bridgehead atoms. The van der Waals surface area contributed by atoms with Crippen LogP contribution in [-0.4, -0.2) is 42.9 Å². The fraction of sp³-hybridized carbons (Fsp3) is 0.684. The largest absolute Gasteiger partial charge is 0.497 e. The number of hydrogen-bond acceptors (Lipinski definition) is 4. The summed E-state index contributed by atoms with van der Waals surface area (Å²) in [5.41, 5.74) is 3.14. The summed E-state index contributed by atoms with van der Waals surface area (Å²) in [5.74, 6) is 3.44. The summed E-state index contributed by atoms with van der Waals surface area (Å²) in [6.07, 6.45) is 7.15. The van der Waals surface area contributed by atoms with E-state index < -0.39 is 0 Å². The van der Waals surface area contributed by atoms with Crippen molar-refractivity contribution in [3.63, 3.8) is 0 Å². The Kier molecular flexibility index (Phi) is 4.57. The molecule has 0 unspecified atom stereocenters. The van der Waals surface area contributed by atoms with Crippen LogP contribution in [0.25, 0.3) is 0 Å². The van der Waals surface area contributed by atoms with E-state index in [0.717, 1.165) is 25.2 Å². The van der Waals surface area contributed by atoms with Crippen molar-refractivity contribution in [3.8, 4) is 5.75 Å². The first-order valence-electron chi connectivity index (χ1n) is 8.90. The molecule has 126 valence electrons. The highest BCUT2D eigenvalue weighted by molar-refractivity contribution is 7.99. The lowest BCUT2D eigenvalue weighted by Crippen LogP contribution is -2.50. The van der Waals surface area contributed by atoms with Crippen molar-refractivity contribution in [3.05, 3.63) is 29.3 Å². The van der Waals surface area contributed by atoms with Crippen molar-refractivity contribution >= 4 is 11.8 Å². The average Bonchev–Trinajstić information content (AvgIpc) is 3.02. The van der Waals surface area contributed by atoms with Crippen LogP contribution in [0.4, 0.5) is 0 Å². The van der Waals surface area contributed by atoms with E-state index in [2.05, 4.69) is 35.3 Å². The van der Waals surface area contributed by atoms with Gasteiger partial charge in [0.1, 0.15) is 5.75 Å². The molecule has 1 aromatic carbocycles. The fourth-order valence-electron chi connectivity index (χ4n) is 4.37. The molecule has 0 aromatic heterocycles. The molecule has 2 fully saturated rings. The first kappa shape index (κ1) is 15.8. The third-order valence-corrected chi connectivity index (χ3v) is 6.90. The van der Waals surface area contributed by atoms with E-state index in [-0.39, 0.29) is 5.60 Å². The van der Waals surface area contributed by atoms with Gasteiger partial charge in [-0.1, -0.05) is 6.07 Å². The van der Waals surface area contributed by atoms with Crippen LogP contribution in [0.15, 0.2) is 18.2 Å². The lowest BCUT2D eigenvalue weighted by Gasteiger charge is -2.40. The average molecular weight is 333 g/mol. The number of fused-ring (bicyclic) bond motifs is 1. The minimum absolute atomic E-state index is 0.177. The van der Waals surface area contributed by atoms with Crippen LogP contribution >= 0.6 is 11.8 Å². The molecule has 4 heteroatoms. The van der Waals surface area contributed by atoms with Gasteiger partial charge in [-0.2, -0.15) is 11.8 Å². The highest BCUT2D eigenvalue weighted by Gasteiger charge is 2.40. The van der Waals surface area contributed by atoms with E-state index in [1.807, 2.05) is 0 Å². The molecule has 23 heavy (non-hydrogen) atoms. The molecular formula is C19H27NO2S. The molecule has 2 aliphatic heterocycles. The number of ether oxygens (including phenoxy) is 2. The molecule has 0 amide bonds. The van der Waals surface area contributed by atoms with Crippen molar-refractivity contribution in [2.45, 2.75) is 56.2 Å². The SMILES string of the molecule is COc1ccc2c(c1)C[C@H](N[C@H]1CCO[C@@]3(CCSC3)C1)CC2. The highest BCUT2D eigenvalue weighted by atomic mass is 32.2. The van der Waals surface area contributed by atoms with Crippen molar-refractivity contribution in [1.82, 2.24) is 5.32 Å². The van der Waals surface area contributed by atoms with Crippen LogP contribution in [0.3, 0.4) is 0 Å². The Labute approximate surface area is 143 Å². The quantitative estimate of drug-likeness (QED) is 0.920. The number of rotatable bonds is 3. The molecule has 0 saturated carbocycles. The van der Waals surface area contributed by atoms with Crippen LogP contribution < -0.4 is 10.1 Å². The van der Waals surface area contributed by atoms with Crippen molar-refractivity contribution < 1.29 is 9.47 Å². The van der Waals surface area contributed by atoms with Crippen LogP contribution in [-0.2, 0) is 17.6 Å². The summed E-state index contributed by atoms with van der Waals surface area (Å²) in [4.78, 5) is 0. The monoisotopic (exact) mass is 333 g/mol. The Hall–Kier alpha value is -0.710. The van der Waals surface area contributed by atoms with E-state index in [1.54, 1.807) is 7.11 Å². The van der Waals surface area contributed by atoms with Crippen LogP contribution in [0.5, 0.6) is 5.75 Å². The zero-order valence-corrected chi connectivity index (χ0v) is 14.8. The Balaban J connectivity index is 1.39. The molecule has 1 aromatic rings. The third kappa shape index (κ3) is 3.40. The van der Waals surface area contributed by atoms with Crippen LogP contribution in [0.2, 0.25) is 0 Å². The number of nitrogens with one attached hydrogen (secondary N) is 1. The number of hydrogen-bond donors (Lipinski definition) is 1. The first-order valence-corrected chi connectivity index (χ1v) is 10.1. The maximum Gasteiger partial charge on any atom is 0.119 e. The van der Waals surface area contributed by atoms with E-state index in [1.165, 1.54) is 48.3 Å². The molecule has 2 heterocycles. The molecule has 2 saturated heterocycles. The third-order valence-electron chi connectivity index (χ3n) is 5.67. The standard InChI is InChI=1S/C19H27NO2S/c1-21-18-5-3-14-2-4-16(10-15(14)11-18)20-17-6-8-22-19(12-17)7-9-23-13-19/h3,5,11,16-17,20H,2,4,6-10,12-13H2,1H3/t16-,17+,19+/m1/s1. The number of aryl methyl sites for hydroxylation is 1. The molecule has 1 aliphatic carbocycles. The van der Waals surface area contributed by atoms with Gasteiger partial charge in [0.05, 0.1) is 12.7 Å². The smallest absolute Gasteiger partial charge is 0.119 e. The molecule has 3 atom stereocenters. The summed E-state index contributed by atoms with van der Waals surface area (Å²) in [6.45, 7) is 0.926. The second kappa shape index (κ2) is 6.66. The Morgan fingerprint density at radius 3 is 3.04 bits per heavy atom. The van der Waals surface area contributed by atoms with Gasteiger partial charge in [0.15, 0.2) is 0 Å². The van der Waals surface area contributed by atoms with E-state index in [9.17, 15) is 0 Å². The van der Waals surface area contributed by atoms with Gasteiger partial charge in [-0.25, -0.2) is 0 Å². The van der Waals surface area contributed by atoms with E-state index >= 15 is 0 Å². The summed E-state index contributed by atoms with van der Waals surface area (Å²) in [5, 5.41) is 3.96. The molecule has 3 nitrogen and oxygen atoms in total. The normalized spacial score (nSPS) is 33.6. The molecule has 1 spiro atoms. The Morgan fingerprint density at radius 1 is 1.26 bits per heavy atom. The predicted molar refractivity (Wildman–Crippen MR) is 95.6 cm³/mol. The summed E-state index contributed by atoms with van der Waals surface area (Å²) in [7, 11) is 1.75. The lowest BCUT2D eigenvalue weighted by molar-refractivity contribution is -0.0714. The van der Waals surface area contributed by atoms with Gasteiger partial charge in [0.25, 0.3) is 0 Å². The van der Waals surface area contributed by atoms with Crippen molar-refractivity contribution in [1.29, 1.82) is 0 Å². The number of methoxy groups -OCH3 is 1. The number of thioether (sulfide) groups is 1. The van der Waals surface area contributed by atoms with Gasteiger partial charge in [0.2, 0.25) is 0 Å². The second-order valence-electron chi connectivity index (χ2n) is 7.26. The van der Waals surface area contributed by atoms with Gasteiger partial charge in [-0.05, 0) is 67.5 Å². The van der Waals surface area contributed by atoms with Gasteiger partial charge >= 0.3 is 0 Å². The maximum absolute atomic E-state index is 6.15. The fourth-order valence-corrected chi connectivity index (χ4v) is 5.75. The van der Waals surface area contributed by atoms with Gasteiger partial charge in [-0.3, -0.25) is 0 Å². The Morgan fingerprint density at radius 2 is 2.22 bits per heavy atom. The zero-order valence-electron chi connectivity index (χ0n) is 14.0. The van der Waals surface area contributed by atoms with Gasteiger partial charge in [-0.15, -0.1) is 0 Å². The van der Waals surface area contributed by atoms with Crippen molar-refractivity contribution in [2.75, 3.05) is 25.2 Å². The first-order chi connectivity index (χ1) is 11.3. The van der Waals surface area contributed by atoms with E-state index in [4.69, 9.17) is 9.47 Å². The van der Waals surface area contributed by atoms with Crippen LogP contribution in [0, 0.1) is 0 Å². The minimum Gasteiger partial charge on any atom is -0.497 e. The second-order valence-corrected chi connectivity index (χ2v) is 8.37. The highest BCUT2D eigenvalue weighted by Crippen LogP contribution is 2.38. The maximum atomic E-state index is 6.15. The summed E-state index contributed by atoms with van der Waals surface area (Å²) >= 11 is 2.06. The lowest BCUT2D eigenvalue weighted by atomic mass is 9.85. The number of benzene rings is 1. The molecular weight excluding hydrogens is 306 g/mol. The molecule has 0 radical (unpaired) electrons. The molecule has 1 N–H and O–H groups in total. The minimum atomic E-state index is 0.177. The molecule has 3 aliphatic rings. The van der Waals surface area contributed by atoms with Gasteiger partial charge < -0.3 is 14.8 Å². The van der Waals surface area contributed by atoms with Gasteiger partial charge in [0, 0.05) is 24.4 Å². The van der Waals surface area contributed by atoms with Crippen LogP contribution in [0.1, 0.15) is 36.8 Å². The van der Waals surface area contributed by atoms with Crippen molar-refractivity contribution in [2.24, 2.45) is 0 Å².